The Kier molecular flexibility index (Phi) is 5.17. The molecule has 0 radical (unpaired) electrons. The lowest BCUT2D eigenvalue weighted by Gasteiger charge is -2.34. The van der Waals surface area contributed by atoms with Crippen molar-refractivity contribution in [1.29, 1.82) is 0 Å². The number of piperazine rings is 1. The Morgan fingerprint density at radius 1 is 1.12 bits per heavy atom. The van der Waals surface area contributed by atoms with E-state index in [2.05, 4.69) is 5.10 Å². The predicted octanol–water partition coefficient (Wildman–Crippen LogP) is 3.27. The highest BCUT2D eigenvalue weighted by Gasteiger charge is 2.52. The fourth-order valence-electron chi connectivity index (χ4n) is 4.80. The molecule has 32 heavy (non-hydrogen) atoms. The van der Waals surface area contributed by atoms with Crippen molar-refractivity contribution in [3.8, 4) is 16.9 Å². The molecule has 7 nitrogen and oxygen atoms in total. The van der Waals surface area contributed by atoms with Gasteiger partial charge < -0.3 is 14.5 Å². The Morgan fingerprint density at radius 3 is 2.62 bits per heavy atom. The molecular weight excluding hydrogens is 404 g/mol. The molecule has 2 amide bonds. The molecule has 3 heterocycles. The number of likely N-dealkylation sites (tertiary alicyclic amines) is 1. The third-order valence-corrected chi connectivity index (χ3v) is 6.36. The number of rotatable bonds is 6. The van der Waals surface area contributed by atoms with Crippen molar-refractivity contribution < 1.29 is 14.3 Å². The Morgan fingerprint density at radius 2 is 1.94 bits per heavy atom. The lowest BCUT2D eigenvalue weighted by atomic mass is 10.0. The van der Waals surface area contributed by atoms with Crippen LogP contribution in [0.5, 0.6) is 5.75 Å². The van der Waals surface area contributed by atoms with Crippen molar-refractivity contribution in [1.82, 2.24) is 14.7 Å². The van der Waals surface area contributed by atoms with Crippen LogP contribution in [0.2, 0.25) is 0 Å². The first-order valence-electron chi connectivity index (χ1n) is 10.9. The number of carbonyl (C=O) groups is 2. The third kappa shape index (κ3) is 3.53. The van der Waals surface area contributed by atoms with Gasteiger partial charge in [0.15, 0.2) is 0 Å². The smallest absolute Gasteiger partial charge is 0.250 e. The number of ether oxygens (including phenoxy) is 1. The number of amides is 2. The zero-order valence-corrected chi connectivity index (χ0v) is 18.3. The fraction of sp³-hybridized carbons (Fsp3) is 0.320. The van der Waals surface area contributed by atoms with Crippen LogP contribution < -0.4 is 9.64 Å². The van der Waals surface area contributed by atoms with Gasteiger partial charge in [0.25, 0.3) is 0 Å². The van der Waals surface area contributed by atoms with E-state index in [1.54, 1.807) is 16.7 Å². The third-order valence-electron chi connectivity index (χ3n) is 6.36. The molecule has 0 saturated carbocycles. The van der Waals surface area contributed by atoms with E-state index < -0.39 is 6.04 Å². The molecule has 2 bridgehead atoms. The van der Waals surface area contributed by atoms with Gasteiger partial charge in [0, 0.05) is 25.7 Å². The SMILES string of the molecule is COc1ccc(-c2ccccc2)cc1N1C(=O)[C@@H]2C[C@H]1CN2C(=O)CCn1ccc(C)n1. The summed E-state index contributed by atoms with van der Waals surface area (Å²) in [6, 6.07) is 17.5. The van der Waals surface area contributed by atoms with Crippen molar-refractivity contribution in [2.75, 3.05) is 18.6 Å². The Balaban J connectivity index is 1.34. The number of nitrogens with zero attached hydrogens (tertiary/aromatic N) is 4. The summed E-state index contributed by atoms with van der Waals surface area (Å²) in [5.74, 6) is 0.634. The number of methoxy groups -OCH3 is 1. The molecule has 2 aliphatic rings. The van der Waals surface area contributed by atoms with Crippen molar-refractivity contribution in [3.05, 3.63) is 66.5 Å². The monoisotopic (exact) mass is 430 g/mol. The van der Waals surface area contributed by atoms with E-state index in [1.165, 1.54) is 0 Å². The maximum Gasteiger partial charge on any atom is 0.250 e. The molecule has 5 rings (SSSR count). The number of benzene rings is 2. The largest absolute Gasteiger partial charge is 0.495 e. The minimum Gasteiger partial charge on any atom is -0.495 e. The summed E-state index contributed by atoms with van der Waals surface area (Å²) in [6.07, 6.45) is 2.87. The average molecular weight is 431 g/mol. The molecule has 0 N–H and O–H groups in total. The fourth-order valence-corrected chi connectivity index (χ4v) is 4.80. The highest BCUT2D eigenvalue weighted by Crippen LogP contribution is 2.41. The molecular formula is C25H26N4O3. The lowest BCUT2D eigenvalue weighted by molar-refractivity contribution is -0.138. The van der Waals surface area contributed by atoms with Crippen LogP contribution in [0.3, 0.4) is 0 Å². The van der Waals surface area contributed by atoms with Gasteiger partial charge in [-0.1, -0.05) is 36.4 Å². The van der Waals surface area contributed by atoms with E-state index in [1.807, 2.05) is 72.6 Å². The maximum atomic E-state index is 13.3. The van der Waals surface area contributed by atoms with Crippen LogP contribution in [0.4, 0.5) is 5.69 Å². The van der Waals surface area contributed by atoms with Gasteiger partial charge in [-0.3, -0.25) is 14.3 Å². The Labute approximate surface area is 187 Å². The van der Waals surface area contributed by atoms with Crippen LogP contribution in [-0.4, -0.2) is 52.2 Å². The molecule has 164 valence electrons. The summed E-state index contributed by atoms with van der Waals surface area (Å²) in [5, 5.41) is 4.33. The van der Waals surface area contributed by atoms with Gasteiger partial charge in [0.2, 0.25) is 11.8 Å². The first-order chi connectivity index (χ1) is 15.5. The summed E-state index contributed by atoms with van der Waals surface area (Å²) < 4.78 is 7.36. The van der Waals surface area contributed by atoms with E-state index in [4.69, 9.17) is 4.74 Å². The van der Waals surface area contributed by atoms with Gasteiger partial charge in [0.1, 0.15) is 11.8 Å². The van der Waals surface area contributed by atoms with Crippen LogP contribution in [0.1, 0.15) is 18.5 Å². The van der Waals surface area contributed by atoms with Crippen LogP contribution in [0, 0.1) is 6.92 Å². The first kappa shape index (κ1) is 20.3. The second-order valence-electron chi connectivity index (χ2n) is 8.38. The lowest BCUT2D eigenvalue weighted by Crippen LogP contribution is -2.52. The molecule has 0 spiro atoms. The quantitative estimate of drug-likeness (QED) is 0.602. The Bertz CT molecular complexity index is 1160. The second-order valence-corrected chi connectivity index (χ2v) is 8.38. The molecule has 0 aliphatic carbocycles. The van der Waals surface area contributed by atoms with Crippen LogP contribution in [-0.2, 0) is 16.1 Å². The molecule has 2 aromatic carbocycles. The number of hydrogen-bond donors (Lipinski definition) is 0. The van der Waals surface area contributed by atoms with Gasteiger partial charge >= 0.3 is 0 Å². The molecule has 2 aliphatic heterocycles. The zero-order valence-electron chi connectivity index (χ0n) is 18.3. The van der Waals surface area contributed by atoms with E-state index in [0.29, 0.717) is 31.7 Å². The predicted molar refractivity (Wildman–Crippen MR) is 121 cm³/mol. The molecule has 3 aromatic rings. The van der Waals surface area contributed by atoms with Crippen molar-refractivity contribution in [2.45, 2.75) is 38.4 Å². The van der Waals surface area contributed by atoms with E-state index >= 15 is 0 Å². The molecule has 0 unspecified atom stereocenters. The maximum absolute atomic E-state index is 13.3. The average Bonchev–Trinajstić information content (AvgIpc) is 3.52. The normalized spacial score (nSPS) is 19.6. The van der Waals surface area contributed by atoms with E-state index in [9.17, 15) is 9.59 Å². The zero-order chi connectivity index (χ0) is 22.2. The molecule has 7 heteroatoms. The van der Waals surface area contributed by atoms with Gasteiger partial charge in [-0.2, -0.15) is 5.10 Å². The minimum absolute atomic E-state index is 0.00338. The van der Waals surface area contributed by atoms with Gasteiger partial charge in [0.05, 0.1) is 24.5 Å². The second kappa shape index (κ2) is 8.15. The number of aryl methyl sites for hydroxylation is 2. The summed E-state index contributed by atoms with van der Waals surface area (Å²) in [5.41, 5.74) is 3.80. The van der Waals surface area contributed by atoms with Gasteiger partial charge in [-0.25, -0.2) is 0 Å². The van der Waals surface area contributed by atoms with Crippen molar-refractivity contribution >= 4 is 17.5 Å². The van der Waals surface area contributed by atoms with Crippen molar-refractivity contribution in [3.63, 3.8) is 0 Å². The number of carbonyl (C=O) groups excluding carboxylic acids is 2. The highest BCUT2D eigenvalue weighted by atomic mass is 16.5. The minimum atomic E-state index is -0.406. The van der Waals surface area contributed by atoms with Gasteiger partial charge in [-0.05, 0) is 42.7 Å². The number of aromatic nitrogens is 2. The number of anilines is 1. The standard InChI is InChI=1S/C25H26N4O3/c1-17-10-12-27(26-17)13-11-24(30)28-16-20-15-22(28)25(31)29(20)21-14-19(8-9-23(21)32-2)18-6-4-3-5-7-18/h3-10,12,14,20,22H,11,13,15-16H2,1-2H3/t20-,22-/m0/s1. The molecule has 2 saturated heterocycles. The van der Waals surface area contributed by atoms with Crippen molar-refractivity contribution in [2.24, 2.45) is 0 Å². The molecule has 2 fully saturated rings. The first-order valence-corrected chi connectivity index (χ1v) is 10.9. The number of fused-ring (bicyclic) bond motifs is 2. The topological polar surface area (TPSA) is 67.7 Å². The number of hydrogen-bond acceptors (Lipinski definition) is 4. The van der Waals surface area contributed by atoms with Crippen LogP contribution >= 0.6 is 0 Å². The summed E-state index contributed by atoms with van der Waals surface area (Å²) in [7, 11) is 1.62. The van der Waals surface area contributed by atoms with Crippen LogP contribution in [0.15, 0.2) is 60.8 Å². The van der Waals surface area contributed by atoms with E-state index in [-0.39, 0.29) is 17.9 Å². The Hall–Kier alpha value is -3.61. The van der Waals surface area contributed by atoms with Crippen LogP contribution in [0.25, 0.3) is 11.1 Å². The van der Waals surface area contributed by atoms with E-state index in [0.717, 1.165) is 22.5 Å². The van der Waals surface area contributed by atoms with Gasteiger partial charge in [-0.15, -0.1) is 0 Å². The summed E-state index contributed by atoms with van der Waals surface area (Å²) in [4.78, 5) is 29.8. The summed E-state index contributed by atoms with van der Waals surface area (Å²) in [6.45, 7) is 2.99. The molecule has 2 atom stereocenters. The summed E-state index contributed by atoms with van der Waals surface area (Å²) >= 11 is 0. The highest BCUT2D eigenvalue weighted by molar-refractivity contribution is 6.05. The molecule has 1 aromatic heterocycles.